The summed E-state index contributed by atoms with van der Waals surface area (Å²) in [5, 5.41) is 0. The van der Waals surface area contributed by atoms with Crippen LogP contribution in [0.5, 0.6) is 5.88 Å². The second kappa shape index (κ2) is 14.5. The Hall–Kier alpha value is -2.89. The van der Waals surface area contributed by atoms with Gasteiger partial charge in [0.05, 0.1) is 12.2 Å². The fourth-order valence-corrected chi connectivity index (χ4v) is 4.01. The van der Waals surface area contributed by atoms with Gasteiger partial charge in [0.25, 0.3) is 0 Å². The van der Waals surface area contributed by atoms with Crippen LogP contribution in [0.15, 0.2) is 42.9 Å². The quantitative estimate of drug-likeness (QED) is 0.205. The smallest absolute Gasteiger partial charge is 0.213 e. The SMILES string of the molecule is CCCCCCCCc1ccc(-c2ncc(-c3ccc(OCCCCCC)nc3)cn2)c(F)c1F. The van der Waals surface area contributed by atoms with Crippen molar-refractivity contribution in [2.45, 2.75) is 84.5 Å². The largest absolute Gasteiger partial charge is 0.478 e. The Morgan fingerprint density at radius 1 is 0.657 bits per heavy atom. The third kappa shape index (κ3) is 8.08. The molecule has 0 spiro atoms. The Morgan fingerprint density at radius 3 is 2.00 bits per heavy atom. The Labute approximate surface area is 208 Å². The molecule has 3 aromatic rings. The van der Waals surface area contributed by atoms with Crippen molar-refractivity contribution in [3.8, 4) is 28.4 Å². The Balaban J connectivity index is 1.58. The molecule has 35 heavy (non-hydrogen) atoms. The zero-order valence-electron chi connectivity index (χ0n) is 21.0. The van der Waals surface area contributed by atoms with Crippen LogP contribution in [0.1, 0.15) is 83.6 Å². The fraction of sp³-hybridized carbons (Fsp3) is 0.483. The van der Waals surface area contributed by atoms with E-state index in [4.69, 9.17) is 4.74 Å². The summed E-state index contributed by atoms with van der Waals surface area (Å²) in [5.41, 5.74) is 2.06. The minimum absolute atomic E-state index is 0.0747. The Bertz CT molecular complexity index is 1020. The number of rotatable bonds is 15. The van der Waals surface area contributed by atoms with Gasteiger partial charge in [0.2, 0.25) is 5.88 Å². The van der Waals surface area contributed by atoms with E-state index in [9.17, 15) is 8.78 Å². The Kier molecular flexibility index (Phi) is 11.1. The average molecular weight is 482 g/mol. The molecule has 0 amide bonds. The molecule has 2 aromatic heterocycles. The maximum Gasteiger partial charge on any atom is 0.213 e. The molecule has 0 atom stereocenters. The summed E-state index contributed by atoms with van der Waals surface area (Å²) in [4.78, 5) is 12.9. The summed E-state index contributed by atoms with van der Waals surface area (Å²) in [5.74, 6) is -0.931. The first-order chi connectivity index (χ1) is 17.1. The van der Waals surface area contributed by atoms with E-state index in [0.717, 1.165) is 43.2 Å². The van der Waals surface area contributed by atoms with E-state index in [-0.39, 0.29) is 11.4 Å². The van der Waals surface area contributed by atoms with Crippen LogP contribution in [0.2, 0.25) is 0 Å². The third-order valence-electron chi connectivity index (χ3n) is 6.17. The van der Waals surface area contributed by atoms with Crippen molar-refractivity contribution in [1.82, 2.24) is 15.0 Å². The van der Waals surface area contributed by atoms with Crippen LogP contribution in [-0.2, 0) is 6.42 Å². The topological polar surface area (TPSA) is 47.9 Å². The van der Waals surface area contributed by atoms with Gasteiger partial charge in [-0.1, -0.05) is 71.3 Å². The molecule has 6 heteroatoms. The molecule has 0 fully saturated rings. The van der Waals surface area contributed by atoms with Crippen LogP contribution in [0.4, 0.5) is 8.78 Å². The van der Waals surface area contributed by atoms with E-state index < -0.39 is 11.6 Å². The lowest BCUT2D eigenvalue weighted by molar-refractivity contribution is 0.294. The lowest BCUT2D eigenvalue weighted by atomic mass is 10.0. The monoisotopic (exact) mass is 481 g/mol. The molecule has 0 saturated carbocycles. The number of aryl methyl sites for hydroxylation is 1. The number of ether oxygens (including phenoxy) is 1. The van der Waals surface area contributed by atoms with E-state index in [0.29, 0.717) is 24.5 Å². The van der Waals surface area contributed by atoms with Crippen LogP contribution in [-0.4, -0.2) is 21.6 Å². The number of pyridine rings is 1. The maximum atomic E-state index is 14.8. The maximum absolute atomic E-state index is 14.8. The fourth-order valence-electron chi connectivity index (χ4n) is 4.01. The summed E-state index contributed by atoms with van der Waals surface area (Å²) < 4.78 is 35.1. The van der Waals surface area contributed by atoms with E-state index >= 15 is 0 Å². The molecule has 3 rings (SSSR count). The highest BCUT2D eigenvalue weighted by Gasteiger charge is 2.16. The molecule has 0 N–H and O–H groups in total. The highest BCUT2D eigenvalue weighted by Crippen LogP contribution is 2.26. The van der Waals surface area contributed by atoms with Gasteiger partial charge in [-0.25, -0.2) is 23.7 Å². The Morgan fingerprint density at radius 2 is 1.31 bits per heavy atom. The molecule has 0 saturated heterocycles. The number of hydrogen-bond acceptors (Lipinski definition) is 4. The van der Waals surface area contributed by atoms with Gasteiger partial charge in [0, 0.05) is 35.8 Å². The first kappa shape index (κ1) is 26.7. The normalized spacial score (nSPS) is 11.1. The molecule has 0 aliphatic carbocycles. The van der Waals surface area contributed by atoms with Gasteiger partial charge in [-0.05, 0) is 37.0 Å². The van der Waals surface area contributed by atoms with Crippen molar-refractivity contribution in [2.24, 2.45) is 0 Å². The standard InChI is InChI=1S/C29H37F2N3O/c1-3-5-7-9-10-11-13-22-14-16-25(28(31)27(22)30)29-33-20-24(21-34-29)23-15-17-26(32-19-23)35-18-12-8-6-4-2/h14-17,19-21H,3-13,18H2,1-2H3. The highest BCUT2D eigenvalue weighted by atomic mass is 19.2. The van der Waals surface area contributed by atoms with Gasteiger partial charge in [-0.15, -0.1) is 0 Å². The number of hydrogen-bond donors (Lipinski definition) is 0. The van der Waals surface area contributed by atoms with Gasteiger partial charge in [0.15, 0.2) is 17.5 Å². The lowest BCUT2D eigenvalue weighted by Crippen LogP contribution is -2.00. The van der Waals surface area contributed by atoms with E-state index in [1.54, 1.807) is 30.7 Å². The summed E-state index contributed by atoms with van der Waals surface area (Å²) in [6.07, 6.45) is 16.7. The minimum Gasteiger partial charge on any atom is -0.478 e. The van der Waals surface area contributed by atoms with Crippen molar-refractivity contribution in [2.75, 3.05) is 6.61 Å². The van der Waals surface area contributed by atoms with E-state index in [1.165, 1.54) is 32.1 Å². The molecule has 1 aromatic carbocycles. The molecule has 2 heterocycles. The van der Waals surface area contributed by atoms with Crippen LogP contribution >= 0.6 is 0 Å². The molecule has 0 radical (unpaired) electrons. The zero-order chi connectivity index (χ0) is 24.9. The third-order valence-corrected chi connectivity index (χ3v) is 6.17. The number of nitrogens with zero attached hydrogens (tertiary/aromatic N) is 3. The summed E-state index contributed by atoms with van der Waals surface area (Å²) in [7, 11) is 0. The van der Waals surface area contributed by atoms with Crippen molar-refractivity contribution in [3.63, 3.8) is 0 Å². The predicted molar refractivity (Wildman–Crippen MR) is 137 cm³/mol. The van der Waals surface area contributed by atoms with Crippen LogP contribution in [0.3, 0.4) is 0 Å². The van der Waals surface area contributed by atoms with Crippen molar-refractivity contribution in [1.29, 1.82) is 0 Å². The van der Waals surface area contributed by atoms with Gasteiger partial charge < -0.3 is 4.74 Å². The van der Waals surface area contributed by atoms with E-state index in [2.05, 4.69) is 28.8 Å². The first-order valence-corrected chi connectivity index (χ1v) is 13.0. The van der Waals surface area contributed by atoms with Gasteiger partial charge in [-0.3, -0.25) is 0 Å². The van der Waals surface area contributed by atoms with Gasteiger partial charge in [-0.2, -0.15) is 0 Å². The zero-order valence-corrected chi connectivity index (χ0v) is 21.0. The number of halogens is 2. The number of unbranched alkanes of at least 4 members (excludes halogenated alkanes) is 8. The average Bonchev–Trinajstić information content (AvgIpc) is 2.89. The van der Waals surface area contributed by atoms with Crippen LogP contribution in [0.25, 0.3) is 22.5 Å². The van der Waals surface area contributed by atoms with Crippen LogP contribution < -0.4 is 4.74 Å². The second-order valence-corrected chi connectivity index (χ2v) is 9.01. The van der Waals surface area contributed by atoms with Crippen molar-refractivity contribution >= 4 is 0 Å². The lowest BCUT2D eigenvalue weighted by Gasteiger charge is -2.09. The molecular formula is C29H37F2N3O. The highest BCUT2D eigenvalue weighted by molar-refractivity contribution is 5.63. The predicted octanol–water partition coefficient (Wildman–Crippen LogP) is 8.35. The van der Waals surface area contributed by atoms with Crippen LogP contribution in [0, 0.1) is 11.6 Å². The van der Waals surface area contributed by atoms with Crippen molar-refractivity contribution < 1.29 is 13.5 Å². The van der Waals surface area contributed by atoms with Gasteiger partial charge >= 0.3 is 0 Å². The van der Waals surface area contributed by atoms with Gasteiger partial charge in [0.1, 0.15) is 0 Å². The summed E-state index contributed by atoms with van der Waals surface area (Å²) in [6.45, 7) is 5.02. The molecule has 0 unspecified atom stereocenters. The number of benzene rings is 1. The summed E-state index contributed by atoms with van der Waals surface area (Å²) >= 11 is 0. The molecular weight excluding hydrogens is 444 g/mol. The molecule has 0 bridgehead atoms. The number of aromatic nitrogens is 3. The second-order valence-electron chi connectivity index (χ2n) is 9.01. The minimum atomic E-state index is -0.886. The van der Waals surface area contributed by atoms with E-state index in [1.807, 2.05) is 12.1 Å². The summed E-state index contributed by atoms with van der Waals surface area (Å²) in [6, 6.07) is 6.95. The molecule has 0 aliphatic heterocycles. The molecule has 4 nitrogen and oxygen atoms in total. The first-order valence-electron chi connectivity index (χ1n) is 13.0. The molecule has 188 valence electrons. The van der Waals surface area contributed by atoms with Crippen molar-refractivity contribution in [3.05, 3.63) is 60.1 Å². The molecule has 0 aliphatic rings.